The molecule has 3 aromatic rings. The minimum absolute atomic E-state index is 0.0852. The summed E-state index contributed by atoms with van der Waals surface area (Å²) in [5, 5.41) is 3.83. The average Bonchev–Trinajstić information content (AvgIpc) is 3.05. The lowest BCUT2D eigenvalue weighted by Crippen LogP contribution is -2.18. The van der Waals surface area contributed by atoms with Crippen LogP contribution in [0.3, 0.4) is 0 Å². The molecule has 0 unspecified atom stereocenters. The zero-order valence-electron chi connectivity index (χ0n) is 13.7. The highest BCUT2D eigenvalue weighted by Crippen LogP contribution is 2.21. The van der Waals surface area contributed by atoms with Gasteiger partial charge in [-0.25, -0.2) is 9.37 Å². The number of amides is 1. The first-order valence-corrected chi connectivity index (χ1v) is 9.10. The number of thiazole rings is 1. The molecule has 0 aliphatic heterocycles. The van der Waals surface area contributed by atoms with Gasteiger partial charge in [0.25, 0.3) is 5.91 Å². The summed E-state index contributed by atoms with van der Waals surface area (Å²) in [4.78, 5) is 17.1. The van der Waals surface area contributed by atoms with Gasteiger partial charge in [0.05, 0.1) is 6.61 Å². The zero-order valence-corrected chi connectivity index (χ0v) is 15.3. The third kappa shape index (κ3) is 5.36. The van der Waals surface area contributed by atoms with Crippen LogP contribution in [0.4, 0.5) is 9.52 Å². The van der Waals surface area contributed by atoms with Crippen LogP contribution in [0.1, 0.15) is 16.0 Å². The van der Waals surface area contributed by atoms with Crippen molar-refractivity contribution in [3.05, 3.63) is 81.6 Å². The third-order valence-electron chi connectivity index (χ3n) is 3.54. The fraction of sp³-hybridized carbons (Fsp3) is 0.158. The van der Waals surface area contributed by atoms with E-state index in [2.05, 4.69) is 10.3 Å². The van der Waals surface area contributed by atoms with Crippen molar-refractivity contribution in [2.75, 3.05) is 11.9 Å². The van der Waals surface area contributed by atoms with Gasteiger partial charge in [-0.3, -0.25) is 10.1 Å². The number of halogens is 2. The van der Waals surface area contributed by atoms with E-state index in [0.29, 0.717) is 16.6 Å². The summed E-state index contributed by atoms with van der Waals surface area (Å²) >= 11 is 7.42. The highest BCUT2D eigenvalue weighted by Gasteiger charge is 2.08. The molecule has 1 N–H and O–H groups in total. The van der Waals surface area contributed by atoms with Gasteiger partial charge in [0.2, 0.25) is 0 Å². The average molecular weight is 391 g/mol. The summed E-state index contributed by atoms with van der Waals surface area (Å²) in [5.41, 5.74) is 1.81. The van der Waals surface area contributed by atoms with Gasteiger partial charge in [-0.2, -0.15) is 0 Å². The van der Waals surface area contributed by atoms with Crippen molar-refractivity contribution >= 4 is 34.0 Å². The maximum absolute atomic E-state index is 12.9. The molecule has 1 aromatic heterocycles. The van der Waals surface area contributed by atoms with Crippen LogP contribution in [0.5, 0.6) is 0 Å². The van der Waals surface area contributed by atoms with Crippen molar-refractivity contribution in [3.63, 3.8) is 0 Å². The normalized spacial score (nSPS) is 10.7. The van der Waals surface area contributed by atoms with Gasteiger partial charge in [0.1, 0.15) is 12.4 Å². The molecule has 0 radical (unpaired) electrons. The molecule has 26 heavy (non-hydrogen) atoms. The summed E-state index contributed by atoms with van der Waals surface area (Å²) in [6.45, 7) is 0.179. The summed E-state index contributed by atoms with van der Waals surface area (Å²) < 4.78 is 18.3. The number of rotatable bonds is 7. The van der Waals surface area contributed by atoms with E-state index in [1.165, 1.54) is 23.5 Å². The Morgan fingerprint density at radius 3 is 2.73 bits per heavy atom. The minimum atomic E-state index is -0.278. The third-order valence-corrected chi connectivity index (χ3v) is 4.82. The first kappa shape index (κ1) is 18.5. The smallest absolute Gasteiger partial charge is 0.252 e. The molecule has 1 amide bonds. The summed E-state index contributed by atoms with van der Waals surface area (Å²) in [6, 6.07) is 13.6. The molecule has 0 fully saturated rings. The summed E-state index contributed by atoms with van der Waals surface area (Å²) in [6.07, 6.45) is 2.34. The predicted octanol–water partition coefficient (Wildman–Crippen LogP) is 4.68. The molecule has 0 saturated heterocycles. The molecule has 0 aliphatic carbocycles. The van der Waals surface area contributed by atoms with Gasteiger partial charge in [-0.1, -0.05) is 41.9 Å². The van der Waals surface area contributed by atoms with E-state index >= 15 is 0 Å². The van der Waals surface area contributed by atoms with Gasteiger partial charge >= 0.3 is 0 Å². The van der Waals surface area contributed by atoms with Crippen LogP contribution in [0, 0.1) is 5.82 Å². The van der Waals surface area contributed by atoms with E-state index < -0.39 is 0 Å². The second kappa shape index (κ2) is 8.89. The largest absolute Gasteiger partial charge is 0.367 e. The number of anilines is 1. The standard InChI is InChI=1S/C19H16ClFN2O2S/c20-17-4-2-1-3-14(17)11-25-12-18(24)23-19-22-10-16(26-19)9-13-5-7-15(21)8-6-13/h1-8,10H,9,11-12H2,(H,22,23,24). The minimum Gasteiger partial charge on any atom is -0.367 e. The van der Waals surface area contributed by atoms with E-state index in [9.17, 15) is 9.18 Å². The van der Waals surface area contributed by atoms with Crippen molar-refractivity contribution < 1.29 is 13.9 Å². The molecule has 3 rings (SSSR count). The van der Waals surface area contributed by atoms with Crippen LogP contribution in [0.25, 0.3) is 0 Å². The quantitative estimate of drug-likeness (QED) is 0.637. The van der Waals surface area contributed by atoms with Crippen LogP contribution >= 0.6 is 22.9 Å². The van der Waals surface area contributed by atoms with Crippen molar-refractivity contribution in [3.8, 4) is 0 Å². The molecular formula is C19H16ClFN2O2S. The Balaban J connectivity index is 1.46. The Bertz CT molecular complexity index is 883. The Morgan fingerprint density at radius 2 is 1.96 bits per heavy atom. The molecule has 1 heterocycles. The van der Waals surface area contributed by atoms with Crippen molar-refractivity contribution in [2.45, 2.75) is 13.0 Å². The summed E-state index contributed by atoms with van der Waals surface area (Å²) in [7, 11) is 0. The molecule has 2 aromatic carbocycles. The van der Waals surface area contributed by atoms with Crippen molar-refractivity contribution in [2.24, 2.45) is 0 Å². The number of hydrogen-bond donors (Lipinski definition) is 1. The monoisotopic (exact) mass is 390 g/mol. The van der Waals surface area contributed by atoms with Crippen LogP contribution < -0.4 is 5.32 Å². The number of carbonyl (C=O) groups is 1. The van der Waals surface area contributed by atoms with E-state index in [-0.39, 0.29) is 24.9 Å². The fourth-order valence-electron chi connectivity index (χ4n) is 2.27. The highest BCUT2D eigenvalue weighted by molar-refractivity contribution is 7.15. The van der Waals surface area contributed by atoms with Crippen molar-refractivity contribution in [1.82, 2.24) is 4.98 Å². The van der Waals surface area contributed by atoms with E-state index in [4.69, 9.17) is 16.3 Å². The van der Waals surface area contributed by atoms with Crippen LogP contribution in [0.15, 0.2) is 54.7 Å². The predicted molar refractivity (Wildman–Crippen MR) is 101 cm³/mol. The highest BCUT2D eigenvalue weighted by atomic mass is 35.5. The Morgan fingerprint density at radius 1 is 1.19 bits per heavy atom. The Labute approximate surface area is 159 Å². The molecule has 4 nitrogen and oxygen atoms in total. The fourth-order valence-corrected chi connectivity index (χ4v) is 3.33. The van der Waals surface area contributed by atoms with Gasteiger partial charge < -0.3 is 4.74 Å². The zero-order chi connectivity index (χ0) is 18.4. The number of hydrogen-bond acceptors (Lipinski definition) is 4. The van der Waals surface area contributed by atoms with Gasteiger partial charge in [0, 0.05) is 22.5 Å². The van der Waals surface area contributed by atoms with Gasteiger partial charge in [-0.05, 0) is 29.3 Å². The maximum Gasteiger partial charge on any atom is 0.252 e. The maximum atomic E-state index is 12.9. The Kier molecular flexibility index (Phi) is 6.33. The second-order valence-electron chi connectivity index (χ2n) is 5.57. The van der Waals surface area contributed by atoms with Crippen LogP contribution in [-0.2, 0) is 22.6 Å². The molecule has 0 saturated carbocycles. The Hall–Kier alpha value is -2.28. The number of carbonyl (C=O) groups excluding carboxylic acids is 1. The second-order valence-corrected chi connectivity index (χ2v) is 7.09. The number of aromatic nitrogens is 1. The van der Waals surface area contributed by atoms with Gasteiger partial charge in [-0.15, -0.1) is 11.3 Å². The molecule has 0 bridgehead atoms. The van der Waals surface area contributed by atoms with Crippen LogP contribution in [-0.4, -0.2) is 17.5 Å². The first-order chi connectivity index (χ1) is 12.6. The van der Waals surface area contributed by atoms with Crippen molar-refractivity contribution in [1.29, 1.82) is 0 Å². The summed E-state index contributed by atoms with van der Waals surface area (Å²) in [5.74, 6) is -0.539. The SMILES string of the molecule is O=C(COCc1ccccc1Cl)Nc1ncc(Cc2ccc(F)cc2)s1. The topological polar surface area (TPSA) is 51.2 Å². The molecule has 0 spiro atoms. The lowest BCUT2D eigenvalue weighted by molar-refractivity contribution is -0.121. The number of ether oxygens (including phenoxy) is 1. The lowest BCUT2D eigenvalue weighted by atomic mass is 10.1. The molecular weight excluding hydrogens is 375 g/mol. The van der Waals surface area contributed by atoms with E-state index in [1.807, 2.05) is 18.2 Å². The van der Waals surface area contributed by atoms with Gasteiger partial charge in [0.15, 0.2) is 5.13 Å². The molecule has 134 valence electrons. The number of benzene rings is 2. The molecule has 0 aliphatic rings. The lowest BCUT2D eigenvalue weighted by Gasteiger charge is -2.05. The van der Waals surface area contributed by atoms with E-state index in [1.54, 1.807) is 24.4 Å². The van der Waals surface area contributed by atoms with Crippen LogP contribution in [0.2, 0.25) is 5.02 Å². The van der Waals surface area contributed by atoms with E-state index in [0.717, 1.165) is 16.0 Å². The molecule has 0 atom stereocenters. The number of nitrogens with zero attached hydrogens (tertiary/aromatic N) is 1. The number of nitrogens with one attached hydrogen (secondary N) is 1. The molecule has 7 heteroatoms. The first-order valence-electron chi connectivity index (χ1n) is 7.90.